The maximum Gasteiger partial charge on any atom is 0.157 e. The van der Waals surface area contributed by atoms with E-state index in [2.05, 4.69) is 33.1 Å². The van der Waals surface area contributed by atoms with Gasteiger partial charge in [0.1, 0.15) is 0 Å². The van der Waals surface area contributed by atoms with Crippen molar-refractivity contribution in [2.24, 2.45) is 0 Å². The second kappa shape index (κ2) is 5.06. The normalized spacial score (nSPS) is 16.7. The maximum absolute atomic E-state index is 4.60. The van der Waals surface area contributed by atoms with Crippen molar-refractivity contribution < 1.29 is 0 Å². The quantitative estimate of drug-likeness (QED) is 0.899. The number of aromatic nitrogens is 3. The fraction of sp³-hybridized carbons (Fsp3) is 0.571. The Kier molecular flexibility index (Phi) is 3.28. The van der Waals surface area contributed by atoms with Gasteiger partial charge in [-0.05, 0) is 31.0 Å². The summed E-state index contributed by atoms with van der Waals surface area (Å²) in [5.74, 6) is 0. The molecule has 3 rings (SSSR count). The first kappa shape index (κ1) is 11.7. The Morgan fingerprint density at radius 2 is 2.17 bits per heavy atom. The highest BCUT2D eigenvalue weighted by atomic mass is 15.3. The average Bonchev–Trinajstić information content (AvgIpc) is 3.04. The van der Waals surface area contributed by atoms with Gasteiger partial charge in [-0.3, -0.25) is 0 Å². The van der Waals surface area contributed by atoms with Crippen LogP contribution in [-0.2, 0) is 6.54 Å². The van der Waals surface area contributed by atoms with E-state index in [1.54, 1.807) is 0 Å². The third kappa shape index (κ3) is 2.12. The van der Waals surface area contributed by atoms with Gasteiger partial charge in [0, 0.05) is 18.1 Å². The lowest BCUT2D eigenvalue weighted by Crippen LogP contribution is -2.12. The lowest BCUT2D eigenvalue weighted by Gasteiger charge is -2.10. The van der Waals surface area contributed by atoms with E-state index in [9.17, 15) is 0 Å². The van der Waals surface area contributed by atoms with E-state index >= 15 is 0 Å². The molecule has 2 aromatic rings. The van der Waals surface area contributed by atoms with Crippen LogP contribution in [0, 0.1) is 0 Å². The Morgan fingerprint density at radius 1 is 1.33 bits per heavy atom. The van der Waals surface area contributed by atoms with E-state index in [0.29, 0.717) is 6.04 Å². The van der Waals surface area contributed by atoms with Crippen molar-refractivity contribution >= 4 is 11.0 Å². The molecule has 0 atom stereocenters. The molecule has 4 heteroatoms. The van der Waals surface area contributed by atoms with E-state index in [1.165, 1.54) is 31.2 Å². The van der Waals surface area contributed by atoms with Gasteiger partial charge in [-0.1, -0.05) is 19.8 Å². The zero-order chi connectivity index (χ0) is 12.4. The van der Waals surface area contributed by atoms with Crippen molar-refractivity contribution in [1.82, 2.24) is 20.1 Å². The van der Waals surface area contributed by atoms with Gasteiger partial charge in [-0.25, -0.2) is 9.67 Å². The van der Waals surface area contributed by atoms with E-state index < -0.39 is 0 Å². The van der Waals surface area contributed by atoms with Crippen LogP contribution >= 0.6 is 0 Å². The van der Waals surface area contributed by atoms with Crippen LogP contribution < -0.4 is 5.32 Å². The minimum absolute atomic E-state index is 0.564. The van der Waals surface area contributed by atoms with Gasteiger partial charge >= 0.3 is 0 Å². The van der Waals surface area contributed by atoms with Crippen LogP contribution in [0.25, 0.3) is 11.0 Å². The number of nitrogens with one attached hydrogen (secondary N) is 1. The molecule has 96 valence electrons. The molecule has 0 radical (unpaired) electrons. The molecular weight excluding hydrogens is 224 g/mol. The zero-order valence-corrected chi connectivity index (χ0v) is 10.9. The molecule has 4 nitrogen and oxygen atoms in total. The van der Waals surface area contributed by atoms with Crippen molar-refractivity contribution in [3.63, 3.8) is 0 Å². The molecule has 1 aliphatic carbocycles. The van der Waals surface area contributed by atoms with Gasteiger partial charge < -0.3 is 5.32 Å². The molecule has 0 aromatic carbocycles. The highest BCUT2D eigenvalue weighted by Gasteiger charge is 2.19. The molecule has 0 unspecified atom stereocenters. The fourth-order valence-electron chi connectivity index (χ4n) is 2.77. The Bertz CT molecular complexity index is 526. The summed E-state index contributed by atoms with van der Waals surface area (Å²) in [6.45, 7) is 3.98. The minimum atomic E-state index is 0.564. The molecule has 2 heterocycles. The van der Waals surface area contributed by atoms with Gasteiger partial charge in [0.05, 0.1) is 12.2 Å². The molecule has 18 heavy (non-hydrogen) atoms. The Hall–Kier alpha value is -1.42. The average molecular weight is 244 g/mol. The molecule has 2 aromatic heterocycles. The van der Waals surface area contributed by atoms with Crippen LogP contribution in [0.2, 0.25) is 0 Å². The number of fused-ring (bicyclic) bond motifs is 1. The summed E-state index contributed by atoms with van der Waals surface area (Å²) in [6.07, 6.45) is 9.07. The van der Waals surface area contributed by atoms with Gasteiger partial charge in [-0.2, -0.15) is 5.10 Å². The fourth-order valence-corrected chi connectivity index (χ4v) is 2.77. The Morgan fingerprint density at radius 3 is 2.94 bits per heavy atom. The smallest absolute Gasteiger partial charge is 0.157 e. The highest BCUT2D eigenvalue weighted by molar-refractivity contribution is 5.75. The molecule has 0 amide bonds. The van der Waals surface area contributed by atoms with Gasteiger partial charge in [0.2, 0.25) is 0 Å². The number of rotatable bonds is 4. The number of hydrogen-bond acceptors (Lipinski definition) is 3. The first-order valence-electron chi connectivity index (χ1n) is 6.91. The third-order valence-electron chi connectivity index (χ3n) is 3.74. The predicted molar refractivity (Wildman–Crippen MR) is 72.4 cm³/mol. The van der Waals surface area contributed by atoms with Crippen molar-refractivity contribution in [2.75, 3.05) is 6.54 Å². The molecule has 0 saturated heterocycles. The molecule has 0 bridgehead atoms. The van der Waals surface area contributed by atoms with Gasteiger partial charge in [0.25, 0.3) is 0 Å². The molecule has 1 aliphatic rings. The minimum Gasteiger partial charge on any atom is -0.313 e. The lowest BCUT2D eigenvalue weighted by molar-refractivity contribution is 0.478. The maximum atomic E-state index is 4.60. The van der Waals surface area contributed by atoms with Gasteiger partial charge in [-0.15, -0.1) is 0 Å². The van der Waals surface area contributed by atoms with Crippen molar-refractivity contribution in [2.45, 2.75) is 45.2 Å². The predicted octanol–water partition coefficient (Wildman–Crippen LogP) is 2.66. The van der Waals surface area contributed by atoms with Crippen LogP contribution in [0.5, 0.6) is 0 Å². The summed E-state index contributed by atoms with van der Waals surface area (Å²) in [5, 5.41) is 9.02. The molecule has 1 fully saturated rings. The largest absolute Gasteiger partial charge is 0.313 e. The topological polar surface area (TPSA) is 42.7 Å². The summed E-state index contributed by atoms with van der Waals surface area (Å²) in [7, 11) is 0. The molecule has 1 N–H and O–H groups in total. The molecule has 0 aliphatic heterocycles. The molecular formula is C14H20N4. The van der Waals surface area contributed by atoms with Crippen molar-refractivity contribution in [3.8, 4) is 0 Å². The van der Waals surface area contributed by atoms with E-state index in [4.69, 9.17) is 0 Å². The first-order chi connectivity index (χ1) is 8.88. The summed E-state index contributed by atoms with van der Waals surface area (Å²) in [4.78, 5) is 4.60. The summed E-state index contributed by atoms with van der Waals surface area (Å²) in [6, 6.07) is 2.76. The number of pyridine rings is 1. The third-order valence-corrected chi connectivity index (χ3v) is 3.74. The summed E-state index contributed by atoms with van der Waals surface area (Å²) >= 11 is 0. The summed E-state index contributed by atoms with van der Waals surface area (Å²) < 4.78 is 2.12. The van der Waals surface area contributed by atoms with Gasteiger partial charge in [0.15, 0.2) is 5.65 Å². The van der Waals surface area contributed by atoms with Crippen LogP contribution in [0.15, 0.2) is 18.5 Å². The number of nitrogens with zero attached hydrogens (tertiary/aromatic N) is 3. The second-order valence-corrected chi connectivity index (χ2v) is 5.06. The van der Waals surface area contributed by atoms with Crippen LogP contribution in [0.1, 0.15) is 44.2 Å². The number of hydrogen-bond donors (Lipinski definition) is 1. The first-order valence-corrected chi connectivity index (χ1v) is 6.91. The standard InChI is InChI=1S/C14H20N4/c1-2-15-8-11-7-12-10-17-18(14(12)16-9-11)13-5-3-4-6-13/h7,9-10,13,15H,2-6,8H2,1H3. The van der Waals surface area contributed by atoms with E-state index in [-0.39, 0.29) is 0 Å². The Labute approximate surface area is 107 Å². The van der Waals surface area contributed by atoms with Crippen LogP contribution in [-0.4, -0.2) is 21.3 Å². The molecule has 0 spiro atoms. The SMILES string of the molecule is CCNCc1cnc2c(cnn2C2CCCC2)c1. The Balaban J connectivity index is 1.89. The monoisotopic (exact) mass is 244 g/mol. The lowest BCUT2D eigenvalue weighted by atomic mass is 10.2. The van der Waals surface area contributed by atoms with Crippen LogP contribution in [0.3, 0.4) is 0 Å². The second-order valence-electron chi connectivity index (χ2n) is 5.06. The zero-order valence-electron chi connectivity index (χ0n) is 10.9. The highest BCUT2D eigenvalue weighted by Crippen LogP contribution is 2.31. The summed E-state index contributed by atoms with van der Waals surface area (Å²) in [5.41, 5.74) is 2.28. The van der Waals surface area contributed by atoms with Crippen molar-refractivity contribution in [1.29, 1.82) is 0 Å². The van der Waals surface area contributed by atoms with Crippen molar-refractivity contribution in [3.05, 3.63) is 24.0 Å². The molecule has 1 saturated carbocycles. The van der Waals surface area contributed by atoms with E-state index in [1.807, 2.05) is 12.4 Å². The van der Waals surface area contributed by atoms with Crippen LogP contribution in [0.4, 0.5) is 0 Å². The van der Waals surface area contributed by atoms with E-state index in [0.717, 1.165) is 24.1 Å².